The van der Waals surface area contributed by atoms with E-state index in [0.29, 0.717) is 12.3 Å². The van der Waals surface area contributed by atoms with Gasteiger partial charge in [0.25, 0.3) is 0 Å². The number of rotatable bonds is 4. The fraction of sp³-hybridized carbons (Fsp3) is 0.333. The van der Waals surface area contributed by atoms with Crippen molar-refractivity contribution in [2.24, 2.45) is 0 Å². The molecule has 3 aromatic heterocycles. The quantitative estimate of drug-likeness (QED) is 0.680. The molecule has 1 fully saturated rings. The molecule has 24 heavy (non-hydrogen) atoms. The molecular formula is C18H18N2O2S2. The molecule has 1 amide bonds. The highest BCUT2D eigenvalue weighted by Gasteiger charge is 2.31. The summed E-state index contributed by atoms with van der Waals surface area (Å²) in [4.78, 5) is 20.4. The second-order valence-electron chi connectivity index (χ2n) is 5.98. The number of oxazole rings is 1. The highest BCUT2D eigenvalue weighted by Crippen LogP contribution is 2.34. The van der Waals surface area contributed by atoms with Gasteiger partial charge in [0.1, 0.15) is 5.76 Å². The zero-order valence-corrected chi connectivity index (χ0v) is 15.0. The number of aryl methyl sites for hydroxylation is 1. The van der Waals surface area contributed by atoms with Crippen molar-refractivity contribution < 1.29 is 9.21 Å². The zero-order valence-electron chi connectivity index (χ0n) is 13.4. The molecule has 4 nitrogen and oxygen atoms in total. The van der Waals surface area contributed by atoms with Crippen LogP contribution < -0.4 is 0 Å². The van der Waals surface area contributed by atoms with E-state index in [1.165, 1.54) is 5.56 Å². The van der Waals surface area contributed by atoms with Crippen molar-refractivity contribution in [3.8, 4) is 10.8 Å². The number of nitrogens with zero attached hydrogens (tertiary/aromatic N) is 2. The van der Waals surface area contributed by atoms with Crippen molar-refractivity contribution in [1.82, 2.24) is 9.88 Å². The normalized spacial score (nSPS) is 17.5. The maximum atomic E-state index is 12.8. The summed E-state index contributed by atoms with van der Waals surface area (Å²) in [6.45, 7) is 2.71. The predicted octanol–water partition coefficient (Wildman–Crippen LogP) is 4.68. The molecular weight excluding hydrogens is 340 g/mol. The standard InChI is InChI=1S/C18H18N2O2S2/c1-12-14(19-18(22-12)16-5-3-8-24-16)10-17(21)20-7-2-4-15(20)13-6-9-23-11-13/h3,5-6,8-9,11,15H,2,4,7,10H2,1H3. The maximum Gasteiger partial charge on any atom is 0.236 e. The Kier molecular flexibility index (Phi) is 4.24. The first-order valence-electron chi connectivity index (χ1n) is 8.04. The summed E-state index contributed by atoms with van der Waals surface area (Å²) in [6, 6.07) is 6.29. The Labute approximate surface area is 148 Å². The molecule has 1 unspecified atom stereocenters. The van der Waals surface area contributed by atoms with E-state index < -0.39 is 0 Å². The summed E-state index contributed by atoms with van der Waals surface area (Å²) in [6.07, 6.45) is 2.41. The van der Waals surface area contributed by atoms with E-state index >= 15 is 0 Å². The highest BCUT2D eigenvalue weighted by molar-refractivity contribution is 7.13. The van der Waals surface area contributed by atoms with Gasteiger partial charge >= 0.3 is 0 Å². The van der Waals surface area contributed by atoms with Crippen molar-refractivity contribution in [2.75, 3.05) is 6.54 Å². The lowest BCUT2D eigenvalue weighted by molar-refractivity contribution is -0.131. The molecule has 0 radical (unpaired) electrons. The second kappa shape index (κ2) is 6.53. The van der Waals surface area contributed by atoms with Gasteiger partial charge in [0.05, 0.1) is 23.0 Å². The topological polar surface area (TPSA) is 46.3 Å². The Bertz CT molecular complexity index is 821. The van der Waals surface area contributed by atoms with E-state index in [9.17, 15) is 4.79 Å². The number of amides is 1. The summed E-state index contributed by atoms with van der Waals surface area (Å²) in [5.74, 6) is 1.48. The summed E-state index contributed by atoms with van der Waals surface area (Å²) in [5.41, 5.74) is 2.00. The van der Waals surface area contributed by atoms with Gasteiger partial charge in [0.2, 0.25) is 11.8 Å². The molecule has 0 aliphatic carbocycles. The van der Waals surface area contributed by atoms with Crippen LogP contribution in [0.4, 0.5) is 0 Å². The monoisotopic (exact) mass is 358 g/mol. The number of carbonyl (C=O) groups excluding carboxylic acids is 1. The second-order valence-corrected chi connectivity index (χ2v) is 7.71. The summed E-state index contributed by atoms with van der Waals surface area (Å²) < 4.78 is 5.75. The van der Waals surface area contributed by atoms with Gasteiger partial charge in [-0.2, -0.15) is 11.3 Å². The smallest absolute Gasteiger partial charge is 0.236 e. The van der Waals surface area contributed by atoms with E-state index in [-0.39, 0.29) is 11.9 Å². The van der Waals surface area contributed by atoms with Gasteiger partial charge in [-0.3, -0.25) is 4.79 Å². The maximum absolute atomic E-state index is 12.8. The number of hydrogen-bond acceptors (Lipinski definition) is 5. The molecule has 1 saturated heterocycles. The molecule has 0 bridgehead atoms. The molecule has 1 aliphatic rings. The summed E-state index contributed by atoms with van der Waals surface area (Å²) >= 11 is 3.27. The average molecular weight is 358 g/mol. The van der Waals surface area contributed by atoms with Gasteiger partial charge in [-0.1, -0.05) is 6.07 Å². The van der Waals surface area contributed by atoms with Gasteiger partial charge in [-0.05, 0) is 53.6 Å². The summed E-state index contributed by atoms with van der Waals surface area (Å²) in [7, 11) is 0. The van der Waals surface area contributed by atoms with E-state index in [2.05, 4.69) is 21.8 Å². The van der Waals surface area contributed by atoms with Gasteiger partial charge in [-0.15, -0.1) is 11.3 Å². The van der Waals surface area contributed by atoms with Crippen molar-refractivity contribution >= 4 is 28.6 Å². The van der Waals surface area contributed by atoms with E-state index in [0.717, 1.165) is 35.7 Å². The van der Waals surface area contributed by atoms with Crippen LogP contribution in [0.1, 0.15) is 35.9 Å². The molecule has 0 saturated carbocycles. The Morgan fingerprint density at radius 3 is 3.08 bits per heavy atom. The minimum absolute atomic E-state index is 0.137. The Morgan fingerprint density at radius 1 is 1.42 bits per heavy atom. The van der Waals surface area contributed by atoms with E-state index in [1.807, 2.05) is 29.3 Å². The SMILES string of the molecule is Cc1oc(-c2cccs2)nc1CC(=O)N1CCCC1c1ccsc1. The number of thiophene rings is 2. The first-order chi connectivity index (χ1) is 11.7. The Hall–Kier alpha value is -1.92. The van der Waals surface area contributed by atoms with Gasteiger partial charge in [-0.25, -0.2) is 4.98 Å². The van der Waals surface area contributed by atoms with Crippen LogP contribution in [0.25, 0.3) is 10.8 Å². The molecule has 0 spiro atoms. The van der Waals surface area contributed by atoms with Crippen molar-refractivity contribution in [1.29, 1.82) is 0 Å². The lowest BCUT2D eigenvalue weighted by atomic mass is 10.1. The molecule has 4 heterocycles. The van der Waals surface area contributed by atoms with Gasteiger partial charge in [0, 0.05) is 6.54 Å². The first kappa shape index (κ1) is 15.6. The van der Waals surface area contributed by atoms with Crippen LogP contribution in [0.3, 0.4) is 0 Å². The third kappa shape index (κ3) is 2.91. The molecule has 6 heteroatoms. The minimum atomic E-state index is 0.137. The predicted molar refractivity (Wildman–Crippen MR) is 96.3 cm³/mol. The van der Waals surface area contributed by atoms with Crippen LogP contribution in [0.2, 0.25) is 0 Å². The van der Waals surface area contributed by atoms with Crippen LogP contribution >= 0.6 is 22.7 Å². The molecule has 124 valence electrons. The molecule has 0 aromatic carbocycles. The number of aromatic nitrogens is 1. The Balaban J connectivity index is 1.52. The van der Waals surface area contributed by atoms with Crippen LogP contribution in [-0.4, -0.2) is 22.3 Å². The number of carbonyl (C=O) groups is 1. The molecule has 4 rings (SSSR count). The zero-order chi connectivity index (χ0) is 16.5. The van der Waals surface area contributed by atoms with Crippen molar-refractivity contribution in [3.63, 3.8) is 0 Å². The summed E-state index contributed by atoms with van der Waals surface area (Å²) in [5, 5.41) is 6.22. The van der Waals surface area contributed by atoms with E-state index in [4.69, 9.17) is 4.42 Å². The minimum Gasteiger partial charge on any atom is -0.440 e. The van der Waals surface area contributed by atoms with Gasteiger partial charge in [0.15, 0.2) is 0 Å². The van der Waals surface area contributed by atoms with E-state index in [1.54, 1.807) is 22.7 Å². The fourth-order valence-corrected chi connectivity index (χ4v) is 4.57. The third-order valence-electron chi connectivity index (χ3n) is 4.44. The van der Waals surface area contributed by atoms with Crippen molar-refractivity contribution in [3.05, 3.63) is 51.4 Å². The number of likely N-dealkylation sites (tertiary alicyclic amines) is 1. The molecule has 1 atom stereocenters. The van der Waals surface area contributed by atoms with Crippen LogP contribution in [0.5, 0.6) is 0 Å². The largest absolute Gasteiger partial charge is 0.440 e. The fourth-order valence-electron chi connectivity index (χ4n) is 3.22. The first-order valence-corrected chi connectivity index (χ1v) is 9.86. The van der Waals surface area contributed by atoms with Crippen LogP contribution in [0.15, 0.2) is 38.8 Å². The van der Waals surface area contributed by atoms with Gasteiger partial charge < -0.3 is 9.32 Å². The van der Waals surface area contributed by atoms with Crippen LogP contribution in [0, 0.1) is 6.92 Å². The molecule has 1 aliphatic heterocycles. The molecule has 3 aromatic rings. The average Bonchev–Trinajstić information content (AvgIpc) is 3.36. The lowest BCUT2D eigenvalue weighted by Crippen LogP contribution is -2.31. The lowest BCUT2D eigenvalue weighted by Gasteiger charge is -2.24. The molecule has 0 N–H and O–H groups in total. The van der Waals surface area contributed by atoms with Crippen LogP contribution in [-0.2, 0) is 11.2 Å². The van der Waals surface area contributed by atoms with Crippen molar-refractivity contribution in [2.45, 2.75) is 32.2 Å². The Morgan fingerprint density at radius 2 is 2.33 bits per heavy atom. The number of hydrogen-bond donors (Lipinski definition) is 0. The highest BCUT2D eigenvalue weighted by atomic mass is 32.1. The third-order valence-corrected chi connectivity index (χ3v) is 6.00.